The Balaban J connectivity index is 1.59. The highest BCUT2D eigenvalue weighted by Crippen LogP contribution is 2.50. The van der Waals surface area contributed by atoms with Gasteiger partial charge in [0.05, 0.1) is 18.8 Å². The minimum atomic E-state index is -4.47. The zero-order chi connectivity index (χ0) is 34.5. The van der Waals surface area contributed by atoms with Gasteiger partial charge in [0.1, 0.15) is 17.9 Å². The maximum absolute atomic E-state index is 14.3. The third kappa shape index (κ3) is 8.67. The number of hydrogen-bond donors (Lipinski definition) is 3. The van der Waals surface area contributed by atoms with Gasteiger partial charge in [0.25, 0.3) is 0 Å². The second kappa shape index (κ2) is 14.8. The van der Waals surface area contributed by atoms with Crippen molar-refractivity contribution in [3.8, 4) is 5.75 Å². The van der Waals surface area contributed by atoms with Crippen LogP contribution in [0.25, 0.3) is 0 Å². The number of fused-ring (bicyclic) bond motifs is 1. The molecule has 6 atom stereocenters. The van der Waals surface area contributed by atoms with E-state index in [9.17, 15) is 23.7 Å². The quantitative estimate of drug-likeness (QED) is 0.106. The van der Waals surface area contributed by atoms with Crippen LogP contribution < -0.4 is 20.8 Å². The summed E-state index contributed by atoms with van der Waals surface area (Å²) >= 11 is 0. The molecule has 47 heavy (non-hydrogen) atoms. The summed E-state index contributed by atoms with van der Waals surface area (Å²) in [5, 5.41) is 11.7. The maximum atomic E-state index is 14.3. The molecule has 2 saturated heterocycles. The molecule has 18 heteroatoms. The van der Waals surface area contributed by atoms with E-state index in [4.69, 9.17) is 37.9 Å². The summed E-state index contributed by atoms with van der Waals surface area (Å²) < 4.78 is 54.4. The first kappa shape index (κ1) is 35.8. The molecule has 2 aliphatic heterocycles. The molecule has 0 amide bonds. The van der Waals surface area contributed by atoms with Gasteiger partial charge in [-0.2, -0.15) is 10.1 Å². The Kier molecular flexibility index (Phi) is 11.3. The van der Waals surface area contributed by atoms with Gasteiger partial charge in [-0.3, -0.25) is 29.4 Å². The van der Waals surface area contributed by atoms with Crippen molar-refractivity contribution in [2.75, 3.05) is 12.1 Å². The molecule has 1 aromatic heterocycles. The fraction of sp³-hybridized carbons (Fsp3) is 0.552. The number of esters is 2. The SMILES string of the molecule is CC(C)OC(=O)CCc1ccccc1OP(=O)(NC(C)C(=O)OC(C)C)OC[C@H]1O[C@@H](n2ccc(NO)nc2=O)[C@]2(C)OC(=O)O[C@H]12. The van der Waals surface area contributed by atoms with Crippen molar-refractivity contribution in [1.82, 2.24) is 14.6 Å². The summed E-state index contributed by atoms with van der Waals surface area (Å²) in [5.74, 6) is -1.19. The van der Waals surface area contributed by atoms with E-state index >= 15 is 0 Å². The zero-order valence-corrected chi connectivity index (χ0v) is 27.6. The molecule has 2 fully saturated rings. The van der Waals surface area contributed by atoms with Crippen molar-refractivity contribution < 1.29 is 56.9 Å². The smallest absolute Gasteiger partial charge is 0.463 e. The van der Waals surface area contributed by atoms with Crippen LogP contribution in [-0.2, 0) is 48.8 Å². The number of anilines is 1. The van der Waals surface area contributed by atoms with Gasteiger partial charge >= 0.3 is 31.5 Å². The molecule has 3 heterocycles. The topological polar surface area (TPSA) is 212 Å². The van der Waals surface area contributed by atoms with Crippen molar-refractivity contribution in [2.24, 2.45) is 0 Å². The Morgan fingerprint density at radius 1 is 1.11 bits per heavy atom. The molecule has 0 radical (unpaired) electrons. The van der Waals surface area contributed by atoms with Crippen molar-refractivity contribution >= 4 is 31.7 Å². The molecule has 2 aliphatic rings. The number of nitrogens with one attached hydrogen (secondary N) is 2. The third-order valence-corrected chi connectivity index (χ3v) is 8.67. The molecular weight excluding hydrogens is 643 g/mol. The Bertz CT molecular complexity index is 1570. The fourth-order valence-electron chi connectivity index (χ4n) is 4.99. The summed E-state index contributed by atoms with van der Waals surface area (Å²) in [5.41, 5.74) is -0.118. The predicted molar refractivity (Wildman–Crippen MR) is 162 cm³/mol. The highest BCUT2D eigenvalue weighted by molar-refractivity contribution is 7.52. The van der Waals surface area contributed by atoms with E-state index in [1.54, 1.807) is 51.4 Å². The number of nitrogens with zero attached hydrogens (tertiary/aromatic N) is 2. The van der Waals surface area contributed by atoms with Crippen molar-refractivity contribution in [1.29, 1.82) is 0 Å². The first-order chi connectivity index (χ1) is 22.1. The normalized spacial score (nSPS) is 23.8. The van der Waals surface area contributed by atoms with Crippen LogP contribution in [0.4, 0.5) is 10.6 Å². The zero-order valence-electron chi connectivity index (χ0n) is 26.7. The molecule has 4 rings (SSSR count). The number of aromatic nitrogens is 2. The van der Waals surface area contributed by atoms with Gasteiger partial charge in [-0.1, -0.05) is 18.2 Å². The molecule has 2 unspecified atom stereocenters. The van der Waals surface area contributed by atoms with E-state index in [-0.39, 0.29) is 30.5 Å². The number of carbonyl (C=O) groups excluding carboxylic acids is 3. The lowest BCUT2D eigenvalue weighted by Crippen LogP contribution is -2.44. The van der Waals surface area contributed by atoms with Crippen LogP contribution in [-0.4, -0.2) is 75.5 Å². The Morgan fingerprint density at radius 2 is 1.81 bits per heavy atom. The second-order valence-electron chi connectivity index (χ2n) is 11.6. The molecule has 0 spiro atoms. The first-order valence-electron chi connectivity index (χ1n) is 14.9. The fourth-order valence-corrected chi connectivity index (χ4v) is 6.53. The predicted octanol–water partition coefficient (Wildman–Crippen LogP) is 3.25. The second-order valence-corrected chi connectivity index (χ2v) is 13.3. The molecule has 2 aromatic rings. The minimum Gasteiger partial charge on any atom is -0.463 e. The van der Waals surface area contributed by atoms with Gasteiger partial charge in [0.2, 0.25) is 0 Å². The number of hydrogen-bond acceptors (Lipinski definition) is 15. The van der Waals surface area contributed by atoms with Gasteiger partial charge in [-0.15, -0.1) is 0 Å². The van der Waals surface area contributed by atoms with E-state index < -0.39 is 74.3 Å². The standard InChI is InChI=1S/C29H39N4O13P/c1-16(2)41-23(34)12-11-19-9-7-8-10-20(19)46-47(39,32-18(5)25(35)42-17(3)4)40-15-21-24-29(6,45-28(37)44-24)26(43-21)33-14-13-22(31-38)30-27(33)36/h7-10,13-14,16-18,21,24,26,38H,11-12,15H2,1-6H3,(H,32,39)(H,30,31,36)/t18?,21-,24-,26-,29-,47?/m1/s1. The average molecular weight is 683 g/mol. The Labute approximate surface area is 270 Å². The summed E-state index contributed by atoms with van der Waals surface area (Å²) in [7, 11) is -4.47. The number of para-hydroxylation sites is 1. The number of benzene rings is 1. The van der Waals surface area contributed by atoms with Crippen LogP contribution in [0.5, 0.6) is 5.75 Å². The molecule has 0 aliphatic carbocycles. The van der Waals surface area contributed by atoms with Gasteiger partial charge in [0.15, 0.2) is 23.8 Å². The van der Waals surface area contributed by atoms with Crippen LogP contribution >= 0.6 is 7.75 Å². The molecule has 0 saturated carbocycles. The van der Waals surface area contributed by atoms with Gasteiger partial charge in [0, 0.05) is 12.6 Å². The number of rotatable bonds is 15. The average Bonchev–Trinajstić information content (AvgIpc) is 3.43. The Hall–Kier alpha value is -4.02. The Morgan fingerprint density at radius 3 is 2.47 bits per heavy atom. The highest BCUT2D eigenvalue weighted by Gasteiger charge is 2.64. The number of ether oxygens (including phenoxy) is 5. The number of aryl methyl sites for hydroxylation is 1. The van der Waals surface area contributed by atoms with Crippen molar-refractivity contribution in [2.45, 2.75) is 96.7 Å². The molecule has 3 N–H and O–H groups in total. The number of carbonyl (C=O) groups is 3. The van der Waals surface area contributed by atoms with E-state index in [0.717, 1.165) is 4.57 Å². The highest BCUT2D eigenvalue weighted by atomic mass is 31.2. The van der Waals surface area contributed by atoms with Crippen molar-refractivity contribution in [3.05, 3.63) is 52.6 Å². The monoisotopic (exact) mass is 682 g/mol. The van der Waals surface area contributed by atoms with Crippen molar-refractivity contribution in [3.63, 3.8) is 0 Å². The van der Waals surface area contributed by atoms with Crippen LogP contribution in [0, 0.1) is 0 Å². The lowest BCUT2D eigenvalue weighted by molar-refractivity contribution is -0.149. The van der Waals surface area contributed by atoms with E-state index in [2.05, 4.69) is 10.1 Å². The summed E-state index contributed by atoms with van der Waals surface area (Å²) in [6.07, 6.45) is -3.88. The lowest BCUT2D eigenvalue weighted by Gasteiger charge is -2.26. The van der Waals surface area contributed by atoms with E-state index in [0.29, 0.717) is 5.56 Å². The molecule has 258 valence electrons. The maximum Gasteiger partial charge on any atom is 0.509 e. The largest absolute Gasteiger partial charge is 0.509 e. The summed E-state index contributed by atoms with van der Waals surface area (Å²) in [6, 6.07) is 6.64. The van der Waals surface area contributed by atoms with Gasteiger partial charge in [-0.05, 0) is 65.7 Å². The van der Waals surface area contributed by atoms with Crippen LogP contribution in [0.3, 0.4) is 0 Å². The van der Waals surface area contributed by atoms with Gasteiger partial charge in [-0.25, -0.2) is 14.2 Å². The molecule has 0 bridgehead atoms. The van der Waals surface area contributed by atoms with Crippen LogP contribution in [0.15, 0.2) is 41.3 Å². The molecule has 17 nitrogen and oxygen atoms in total. The van der Waals surface area contributed by atoms with E-state index in [1.807, 2.05) is 0 Å². The summed E-state index contributed by atoms with van der Waals surface area (Å²) in [6.45, 7) is 9.13. The van der Waals surface area contributed by atoms with E-state index in [1.165, 1.54) is 32.2 Å². The third-order valence-electron chi connectivity index (χ3n) is 7.04. The first-order valence-corrected chi connectivity index (χ1v) is 16.4. The van der Waals surface area contributed by atoms with Crippen LogP contribution in [0.2, 0.25) is 0 Å². The molecule has 1 aromatic carbocycles. The van der Waals surface area contributed by atoms with Crippen LogP contribution in [0.1, 0.15) is 59.8 Å². The molecular formula is C29H39N4O13P. The minimum absolute atomic E-state index is 0.0146. The lowest BCUT2D eigenvalue weighted by atomic mass is 9.96. The van der Waals surface area contributed by atoms with Gasteiger partial charge < -0.3 is 28.2 Å². The summed E-state index contributed by atoms with van der Waals surface area (Å²) in [4.78, 5) is 53.5.